The van der Waals surface area contributed by atoms with E-state index in [1.165, 1.54) is 0 Å². The summed E-state index contributed by atoms with van der Waals surface area (Å²) in [6.07, 6.45) is 2.35. The first-order chi connectivity index (χ1) is 10.3. The van der Waals surface area contributed by atoms with Crippen LogP contribution in [0.15, 0.2) is 24.3 Å². The van der Waals surface area contributed by atoms with Crippen LogP contribution in [0.3, 0.4) is 0 Å². The molecular weight excluding hydrogens is 304 g/mol. The van der Waals surface area contributed by atoms with Crippen LogP contribution in [0, 0.1) is 0 Å². The third-order valence-corrected chi connectivity index (χ3v) is 3.95. The van der Waals surface area contributed by atoms with Crippen molar-refractivity contribution in [3.05, 3.63) is 29.8 Å². The molecule has 0 spiro atoms. The SMILES string of the molecule is Cl.O=C(c1cccc(OCC2CCCO2)c1)N1CCNCC1. The maximum Gasteiger partial charge on any atom is 0.254 e. The average molecular weight is 327 g/mol. The maximum absolute atomic E-state index is 12.4. The number of carbonyl (C=O) groups excluding carboxylic acids is 1. The summed E-state index contributed by atoms with van der Waals surface area (Å²) in [5.74, 6) is 0.825. The van der Waals surface area contributed by atoms with E-state index in [9.17, 15) is 4.79 Å². The molecule has 2 heterocycles. The molecule has 2 aliphatic heterocycles. The summed E-state index contributed by atoms with van der Waals surface area (Å²) in [6, 6.07) is 7.45. The molecule has 0 aliphatic carbocycles. The monoisotopic (exact) mass is 326 g/mol. The summed E-state index contributed by atoms with van der Waals surface area (Å²) >= 11 is 0. The Labute approximate surface area is 137 Å². The van der Waals surface area contributed by atoms with Gasteiger partial charge in [0.1, 0.15) is 12.4 Å². The minimum absolute atomic E-state index is 0. The van der Waals surface area contributed by atoms with Crippen molar-refractivity contribution in [2.24, 2.45) is 0 Å². The van der Waals surface area contributed by atoms with Gasteiger partial charge in [0.25, 0.3) is 5.91 Å². The second-order valence-electron chi connectivity index (χ2n) is 5.52. The van der Waals surface area contributed by atoms with Crippen LogP contribution in [0.25, 0.3) is 0 Å². The van der Waals surface area contributed by atoms with Crippen LogP contribution in [0.2, 0.25) is 0 Å². The number of piperazine rings is 1. The highest BCUT2D eigenvalue weighted by atomic mass is 35.5. The third kappa shape index (κ3) is 4.35. The first-order valence-corrected chi connectivity index (χ1v) is 7.67. The summed E-state index contributed by atoms with van der Waals surface area (Å²) in [6.45, 7) is 4.64. The number of rotatable bonds is 4. The summed E-state index contributed by atoms with van der Waals surface area (Å²) in [4.78, 5) is 14.3. The molecule has 122 valence electrons. The fraction of sp³-hybridized carbons (Fsp3) is 0.562. The predicted octanol–water partition coefficient (Wildman–Crippen LogP) is 1.71. The molecule has 1 unspecified atom stereocenters. The maximum atomic E-state index is 12.4. The molecule has 2 aliphatic rings. The Kier molecular flexibility index (Phi) is 6.49. The molecular formula is C16H23ClN2O3. The molecule has 1 aromatic carbocycles. The van der Waals surface area contributed by atoms with Crippen LogP contribution >= 0.6 is 12.4 Å². The van der Waals surface area contributed by atoms with Gasteiger partial charge < -0.3 is 19.7 Å². The Hall–Kier alpha value is -1.30. The number of nitrogens with zero attached hydrogens (tertiary/aromatic N) is 1. The number of halogens is 1. The van der Waals surface area contributed by atoms with Crippen LogP contribution in [-0.2, 0) is 4.74 Å². The number of ether oxygens (including phenoxy) is 2. The second kappa shape index (κ2) is 8.36. The van der Waals surface area contributed by atoms with Crippen molar-refractivity contribution in [2.75, 3.05) is 39.4 Å². The second-order valence-corrected chi connectivity index (χ2v) is 5.52. The van der Waals surface area contributed by atoms with Crippen molar-refractivity contribution < 1.29 is 14.3 Å². The van der Waals surface area contributed by atoms with E-state index in [4.69, 9.17) is 9.47 Å². The lowest BCUT2D eigenvalue weighted by atomic mass is 10.1. The van der Waals surface area contributed by atoms with E-state index < -0.39 is 0 Å². The molecule has 6 heteroatoms. The molecule has 1 amide bonds. The topological polar surface area (TPSA) is 50.8 Å². The van der Waals surface area contributed by atoms with Crippen molar-refractivity contribution in [3.8, 4) is 5.75 Å². The largest absolute Gasteiger partial charge is 0.491 e. The van der Waals surface area contributed by atoms with Crippen molar-refractivity contribution in [2.45, 2.75) is 18.9 Å². The highest BCUT2D eigenvalue weighted by Crippen LogP contribution is 2.18. The molecule has 1 N–H and O–H groups in total. The van der Waals surface area contributed by atoms with Gasteiger partial charge in [0, 0.05) is 38.3 Å². The molecule has 2 saturated heterocycles. The summed E-state index contributed by atoms with van der Waals surface area (Å²) < 4.78 is 11.3. The summed E-state index contributed by atoms with van der Waals surface area (Å²) in [7, 11) is 0. The van der Waals surface area contributed by atoms with E-state index in [0.29, 0.717) is 12.2 Å². The molecule has 1 atom stereocenters. The normalized spacial score (nSPS) is 21.3. The number of benzene rings is 1. The Balaban J connectivity index is 0.00000176. The number of nitrogens with one attached hydrogen (secondary N) is 1. The van der Waals surface area contributed by atoms with E-state index in [1.807, 2.05) is 29.2 Å². The molecule has 2 fully saturated rings. The number of hydrogen-bond acceptors (Lipinski definition) is 4. The highest BCUT2D eigenvalue weighted by Gasteiger charge is 2.19. The van der Waals surface area contributed by atoms with Gasteiger partial charge in [0.15, 0.2) is 0 Å². The third-order valence-electron chi connectivity index (χ3n) is 3.95. The minimum Gasteiger partial charge on any atom is -0.491 e. The van der Waals surface area contributed by atoms with Crippen LogP contribution in [0.5, 0.6) is 5.75 Å². The van der Waals surface area contributed by atoms with E-state index in [2.05, 4.69) is 5.32 Å². The number of carbonyl (C=O) groups is 1. The van der Waals surface area contributed by atoms with Crippen molar-refractivity contribution >= 4 is 18.3 Å². The average Bonchev–Trinajstić information content (AvgIpc) is 3.07. The molecule has 22 heavy (non-hydrogen) atoms. The zero-order valence-electron chi connectivity index (χ0n) is 12.6. The van der Waals surface area contributed by atoms with Gasteiger partial charge in [-0.2, -0.15) is 0 Å². The van der Waals surface area contributed by atoms with E-state index in [1.54, 1.807) is 0 Å². The first kappa shape index (κ1) is 17.1. The zero-order valence-corrected chi connectivity index (χ0v) is 13.4. The summed E-state index contributed by atoms with van der Waals surface area (Å²) in [5, 5.41) is 3.25. The Morgan fingerprint density at radius 1 is 1.36 bits per heavy atom. The van der Waals surface area contributed by atoms with Crippen molar-refractivity contribution in [1.82, 2.24) is 10.2 Å². The van der Waals surface area contributed by atoms with Crippen LogP contribution in [0.1, 0.15) is 23.2 Å². The Bertz CT molecular complexity index is 486. The van der Waals surface area contributed by atoms with Gasteiger partial charge in [-0.15, -0.1) is 12.4 Å². The fourth-order valence-electron chi connectivity index (χ4n) is 2.73. The van der Waals surface area contributed by atoms with Gasteiger partial charge in [-0.3, -0.25) is 4.79 Å². The smallest absolute Gasteiger partial charge is 0.254 e. The van der Waals surface area contributed by atoms with Gasteiger partial charge in [-0.05, 0) is 31.0 Å². The molecule has 3 rings (SSSR count). The quantitative estimate of drug-likeness (QED) is 0.915. The Morgan fingerprint density at radius 2 is 2.18 bits per heavy atom. The van der Waals surface area contributed by atoms with Crippen molar-refractivity contribution in [1.29, 1.82) is 0 Å². The molecule has 0 saturated carbocycles. The van der Waals surface area contributed by atoms with E-state index in [0.717, 1.165) is 51.4 Å². The number of amides is 1. The van der Waals surface area contributed by atoms with Gasteiger partial charge in [-0.1, -0.05) is 6.07 Å². The van der Waals surface area contributed by atoms with Gasteiger partial charge in [0.2, 0.25) is 0 Å². The lowest BCUT2D eigenvalue weighted by molar-refractivity contribution is 0.0676. The zero-order chi connectivity index (χ0) is 14.5. The molecule has 0 bridgehead atoms. The van der Waals surface area contributed by atoms with Gasteiger partial charge in [-0.25, -0.2) is 0 Å². The lowest BCUT2D eigenvalue weighted by Crippen LogP contribution is -2.46. The minimum atomic E-state index is 0. The van der Waals surface area contributed by atoms with Crippen LogP contribution in [-0.4, -0.2) is 56.3 Å². The molecule has 0 aromatic heterocycles. The van der Waals surface area contributed by atoms with E-state index in [-0.39, 0.29) is 24.4 Å². The fourth-order valence-corrected chi connectivity index (χ4v) is 2.73. The van der Waals surface area contributed by atoms with Crippen LogP contribution in [0.4, 0.5) is 0 Å². The molecule has 5 nitrogen and oxygen atoms in total. The Morgan fingerprint density at radius 3 is 2.91 bits per heavy atom. The predicted molar refractivity (Wildman–Crippen MR) is 86.9 cm³/mol. The molecule has 0 radical (unpaired) electrons. The number of hydrogen-bond donors (Lipinski definition) is 1. The summed E-state index contributed by atoms with van der Waals surface area (Å²) in [5.41, 5.74) is 0.696. The van der Waals surface area contributed by atoms with Gasteiger partial charge >= 0.3 is 0 Å². The molecule has 1 aromatic rings. The van der Waals surface area contributed by atoms with Gasteiger partial charge in [0.05, 0.1) is 6.10 Å². The van der Waals surface area contributed by atoms with Crippen molar-refractivity contribution in [3.63, 3.8) is 0 Å². The van der Waals surface area contributed by atoms with Crippen LogP contribution < -0.4 is 10.1 Å². The first-order valence-electron chi connectivity index (χ1n) is 7.67. The lowest BCUT2D eigenvalue weighted by Gasteiger charge is -2.27. The standard InChI is InChI=1S/C16H22N2O3.ClH/c19-16(18-8-6-17-7-9-18)13-3-1-4-14(11-13)21-12-15-5-2-10-20-15;/h1,3-4,11,15,17H,2,5-10,12H2;1H. The van der Waals surface area contributed by atoms with E-state index >= 15 is 0 Å². The highest BCUT2D eigenvalue weighted by molar-refractivity contribution is 5.94.